The van der Waals surface area contributed by atoms with Gasteiger partial charge in [0.25, 0.3) is 0 Å². The number of para-hydroxylation sites is 3. The van der Waals surface area contributed by atoms with Gasteiger partial charge in [-0.15, -0.1) is 37.4 Å². The monoisotopic (exact) mass is 1050 g/mol. The summed E-state index contributed by atoms with van der Waals surface area (Å²) in [5.41, 5.74) is 11.2. The zero-order chi connectivity index (χ0) is 50.7. The average molecular weight is 1050 g/mol. The number of rotatable bonds is 17. The van der Waals surface area contributed by atoms with Crippen LogP contribution in [0.15, 0.2) is 145 Å². The molecule has 0 saturated carbocycles. The largest absolute Gasteiger partial charge is 1.00 e. The van der Waals surface area contributed by atoms with Gasteiger partial charge in [0.1, 0.15) is 24.5 Å². The molecule has 5 aromatic rings. The summed E-state index contributed by atoms with van der Waals surface area (Å²) in [5.74, 6) is -0.948. The first-order valence-electron chi connectivity index (χ1n) is 22.9. The Labute approximate surface area is 509 Å². The van der Waals surface area contributed by atoms with Crippen LogP contribution in [0.1, 0.15) is 104 Å². The summed E-state index contributed by atoms with van der Waals surface area (Å²) in [6.07, 6.45) is 13.9. The Morgan fingerprint density at radius 2 is 1.08 bits per heavy atom. The quantitative estimate of drug-likeness (QED) is 0.0348. The van der Waals surface area contributed by atoms with Crippen LogP contribution in [-0.2, 0) is 36.8 Å². The minimum Gasteiger partial charge on any atom is -0.550 e. The molecule has 0 spiro atoms. The van der Waals surface area contributed by atoms with Gasteiger partial charge >= 0.3 is 124 Å². The van der Waals surface area contributed by atoms with Gasteiger partial charge in [-0.1, -0.05) is 113 Å². The molecule has 13 nitrogen and oxygen atoms in total. The van der Waals surface area contributed by atoms with E-state index in [1.54, 1.807) is 6.34 Å². The maximum atomic E-state index is 10.4. The molecule has 0 radical (unpaired) electrons. The molecule has 0 atom stereocenters. The number of carbonyl (C=O) groups is 1. The number of aliphatic carboxylic acids is 1. The molecule has 0 aliphatic carbocycles. The average Bonchev–Trinajstić information content (AvgIpc) is 3.66. The van der Waals surface area contributed by atoms with Crippen LogP contribution >= 0.6 is 0 Å². The number of carboxylic acids is 1. The summed E-state index contributed by atoms with van der Waals surface area (Å²) < 4.78 is 55.5. The van der Waals surface area contributed by atoms with Crippen molar-refractivity contribution in [1.82, 2.24) is 0 Å². The van der Waals surface area contributed by atoms with Crippen molar-refractivity contribution in [3.63, 3.8) is 0 Å². The number of nitrogens with zero attached hydrogens (tertiary/aromatic N) is 3. The van der Waals surface area contributed by atoms with Gasteiger partial charge in [-0.25, -0.2) is 14.1 Å². The maximum absolute atomic E-state index is 10.4. The summed E-state index contributed by atoms with van der Waals surface area (Å²) >= 11 is 0. The van der Waals surface area contributed by atoms with Crippen molar-refractivity contribution in [1.29, 1.82) is 0 Å². The van der Waals surface area contributed by atoms with Crippen molar-refractivity contribution in [2.75, 3.05) is 23.7 Å². The number of anilines is 2. The molecule has 0 saturated heterocycles. The topological polar surface area (TPSA) is 185 Å². The third-order valence-corrected chi connectivity index (χ3v) is 11.6. The molecule has 0 aromatic heterocycles. The summed E-state index contributed by atoms with van der Waals surface area (Å²) in [7, 11) is -6.22. The number of carbonyl (C=O) groups excluding carboxylic acids is 1. The Kier molecular flexibility index (Phi) is 32.8. The Hall–Kier alpha value is -3.57. The number of benzene rings is 5. The third kappa shape index (κ3) is 23.5. The molecule has 17 heteroatoms. The van der Waals surface area contributed by atoms with Crippen molar-refractivity contribution in [3.8, 4) is 0 Å². The number of carboxylic acid groups (broad SMARTS) is 1. The molecule has 366 valence electrons. The van der Waals surface area contributed by atoms with Crippen molar-refractivity contribution >= 4 is 73.4 Å². The number of fused-ring (bicyclic) bond motifs is 2. The fraction of sp³-hybridized carbons (Fsp3) is 0.333. The zero-order valence-electron chi connectivity index (χ0n) is 42.4. The van der Waals surface area contributed by atoms with Crippen molar-refractivity contribution in [2.24, 2.45) is 4.99 Å². The summed E-state index contributed by atoms with van der Waals surface area (Å²) in [4.78, 5) is 14.7. The van der Waals surface area contributed by atoms with Gasteiger partial charge in [-0.2, -0.15) is 36.4 Å². The molecule has 2 heterocycles. The molecule has 0 unspecified atom stereocenters. The second-order valence-corrected chi connectivity index (χ2v) is 17.8. The molecular formula is C54H64K2N5O8S2+. The molecule has 0 amide bonds. The Morgan fingerprint density at radius 1 is 0.634 bits per heavy atom. The second kappa shape index (κ2) is 35.6. The van der Waals surface area contributed by atoms with Gasteiger partial charge in [0.2, 0.25) is 0 Å². The van der Waals surface area contributed by atoms with Crippen molar-refractivity contribution in [3.05, 3.63) is 163 Å². The second-order valence-electron chi connectivity index (χ2n) is 17.0. The van der Waals surface area contributed by atoms with E-state index in [1.807, 2.05) is 78.9 Å². The van der Waals surface area contributed by atoms with Crippen molar-refractivity contribution in [2.45, 2.75) is 104 Å². The summed E-state index contributed by atoms with van der Waals surface area (Å²) in [6.45, 7) is 15.6. The first kappa shape index (κ1) is 65.4. The minimum atomic E-state index is -3.11. The Bertz CT molecular complexity index is 2710. The molecular weight excluding hydrogens is 989 g/mol. The van der Waals surface area contributed by atoms with E-state index in [0.717, 1.165) is 43.0 Å². The summed E-state index contributed by atoms with van der Waals surface area (Å²) in [5, 5.41) is 16.9. The van der Waals surface area contributed by atoms with Gasteiger partial charge < -0.3 is 20.5 Å². The molecule has 2 N–H and O–H groups in total. The normalized spacial score (nSPS) is 13.2. The Balaban J connectivity index is 0.000000500. The maximum Gasteiger partial charge on any atom is 1.00 e. The number of aliphatic imine (C=N–C) groups is 1. The molecule has 2 aliphatic rings. The molecule has 5 aromatic carbocycles. The molecule has 2 aliphatic heterocycles. The number of hydrogen-bond donors (Lipinski definition) is 2. The van der Waals surface area contributed by atoms with Crippen LogP contribution in [0.2, 0.25) is 0 Å². The van der Waals surface area contributed by atoms with E-state index in [1.165, 1.54) is 59.6 Å². The van der Waals surface area contributed by atoms with E-state index >= 15 is 0 Å². The van der Waals surface area contributed by atoms with E-state index in [9.17, 15) is 9.90 Å². The van der Waals surface area contributed by atoms with Crippen LogP contribution in [0.3, 0.4) is 0 Å². The standard InChI is InChI=1S/C24H29N2.C17H23NO2.C13H12N2.2K.2O3S/c1-4-5-6-12-19-26-22-16-11-10-15-21(22)24(2,3)23(26)17-18-25-20-13-8-7-9-14-20;1-13-17(2,3)14-9-6-7-10-15(14)18(13)12-8-4-5-11-16(19)20;1-3-7-12(8-4-1)14-11-15-13-9-5-2-6-10-13;;;2*1-4(2)3/h7-9,11,13-18H,4-6,12,19H2,1-3H3;7,9-10H,4-5,8,11-12H2,1-3H3,(H,19,20);1-11H,(H,14,15);;;;/q-1;;;2*+1;;. The fourth-order valence-corrected chi connectivity index (χ4v) is 7.86. The summed E-state index contributed by atoms with van der Waals surface area (Å²) in [6, 6.07) is 49.1. The Morgan fingerprint density at radius 3 is 1.59 bits per heavy atom. The number of allylic oxidation sites excluding steroid dienone is 1. The zero-order valence-corrected chi connectivity index (χ0v) is 50.2. The SMILES string of the molecule is C(=Nc1ccccc1)Nc1ccccc1.CC1=[N+](CCCCCC(=O)[O-])c2cc[c-]cc2C1(C)C.CCCCCC[N+]1=C(/C=C/Nc2ccccc2)C(C)(C)c2c[c-]ccc21.O=S(=O)=O.O=S(=O)=O.[K+].[K+]. The smallest absolute Gasteiger partial charge is 0.550 e. The first-order valence-corrected chi connectivity index (χ1v) is 24.9. The van der Waals surface area contributed by atoms with Gasteiger partial charge in [0.05, 0.1) is 12.0 Å². The predicted molar refractivity (Wildman–Crippen MR) is 273 cm³/mol. The van der Waals surface area contributed by atoms with Crippen LogP contribution in [0.25, 0.3) is 0 Å². The third-order valence-electron chi connectivity index (χ3n) is 11.6. The fourth-order valence-electron chi connectivity index (χ4n) is 7.86. The van der Waals surface area contributed by atoms with Crippen LogP contribution in [0.4, 0.5) is 28.4 Å². The molecule has 7 rings (SSSR count). The van der Waals surface area contributed by atoms with Crippen LogP contribution < -0.4 is 119 Å². The molecule has 0 fully saturated rings. The van der Waals surface area contributed by atoms with Gasteiger partial charge in [-0.05, 0) is 62.1 Å². The number of unbranched alkanes of at least 4 members (excludes halogenated alkanes) is 5. The van der Waals surface area contributed by atoms with Gasteiger partial charge in [0.15, 0.2) is 11.4 Å². The van der Waals surface area contributed by atoms with Gasteiger partial charge in [0, 0.05) is 60.2 Å². The van der Waals surface area contributed by atoms with Crippen LogP contribution in [0, 0.1) is 12.1 Å². The van der Waals surface area contributed by atoms with E-state index < -0.39 is 27.2 Å². The number of hydrogen-bond acceptors (Lipinski definition) is 10. The van der Waals surface area contributed by atoms with Crippen LogP contribution in [0.5, 0.6) is 0 Å². The minimum absolute atomic E-state index is 0. The van der Waals surface area contributed by atoms with Gasteiger partial charge in [-0.3, -0.25) is 0 Å². The van der Waals surface area contributed by atoms with Crippen LogP contribution in [-0.4, -0.2) is 71.2 Å². The molecule has 71 heavy (non-hydrogen) atoms. The molecule has 0 bridgehead atoms. The van der Waals surface area contributed by atoms with E-state index in [2.05, 4.69) is 139 Å². The predicted octanol–water partition coefficient (Wildman–Crippen LogP) is 3.72. The first-order chi connectivity index (χ1) is 33.0. The van der Waals surface area contributed by atoms with Crippen molar-refractivity contribution < 1.29 is 147 Å². The van der Waals surface area contributed by atoms with E-state index in [4.69, 9.17) is 25.3 Å². The van der Waals surface area contributed by atoms with E-state index in [0.29, 0.717) is 6.42 Å². The number of nitrogens with one attached hydrogen (secondary N) is 2. The van der Waals surface area contributed by atoms with E-state index in [-0.39, 0.29) is 120 Å².